The van der Waals surface area contributed by atoms with E-state index in [4.69, 9.17) is 10.5 Å². The van der Waals surface area contributed by atoms with E-state index in [0.717, 1.165) is 30.6 Å². The quantitative estimate of drug-likeness (QED) is 0.912. The molecule has 1 atom stereocenters. The minimum Gasteiger partial charge on any atom is -0.493 e. The second kappa shape index (κ2) is 5.83. The minimum atomic E-state index is -0.0629. The highest BCUT2D eigenvalue weighted by molar-refractivity contribution is 5.85. The standard InChI is InChI=1S/C16H22N2O2/c17-9-10-18(12-4-3-5-12)16(19)14-8-11-20-15-7-2-1-6-13(14)15/h1-2,6-7,12,14H,3-5,8-11,17H2. The molecular formula is C16H22N2O2. The third-order valence-electron chi connectivity index (χ3n) is 4.43. The lowest BCUT2D eigenvalue weighted by Crippen LogP contribution is -2.48. The van der Waals surface area contributed by atoms with Crippen molar-refractivity contribution in [2.45, 2.75) is 37.6 Å². The first-order valence-corrected chi connectivity index (χ1v) is 7.53. The van der Waals surface area contributed by atoms with Gasteiger partial charge in [-0.1, -0.05) is 18.2 Å². The zero-order valence-electron chi connectivity index (χ0n) is 11.8. The van der Waals surface area contributed by atoms with E-state index < -0.39 is 0 Å². The molecule has 0 saturated heterocycles. The molecule has 1 aliphatic heterocycles. The fourth-order valence-electron chi connectivity index (χ4n) is 3.11. The van der Waals surface area contributed by atoms with E-state index in [0.29, 0.717) is 25.7 Å². The Hall–Kier alpha value is -1.55. The number of fused-ring (bicyclic) bond motifs is 1. The molecule has 4 heteroatoms. The minimum absolute atomic E-state index is 0.0629. The number of benzene rings is 1. The summed E-state index contributed by atoms with van der Waals surface area (Å²) in [5.41, 5.74) is 6.72. The van der Waals surface area contributed by atoms with Gasteiger partial charge in [-0.15, -0.1) is 0 Å². The largest absolute Gasteiger partial charge is 0.493 e. The molecule has 20 heavy (non-hydrogen) atoms. The Kier molecular flexibility index (Phi) is 3.92. The van der Waals surface area contributed by atoms with Crippen LogP contribution in [0, 0.1) is 0 Å². The van der Waals surface area contributed by atoms with E-state index in [2.05, 4.69) is 0 Å². The third kappa shape index (κ3) is 2.40. The fourth-order valence-corrected chi connectivity index (χ4v) is 3.11. The van der Waals surface area contributed by atoms with E-state index in [-0.39, 0.29) is 11.8 Å². The lowest BCUT2D eigenvalue weighted by Gasteiger charge is -2.40. The number of nitrogens with zero attached hydrogens (tertiary/aromatic N) is 1. The van der Waals surface area contributed by atoms with E-state index >= 15 is 0 Å². The van der Waals surface area contributed by atoms with E-state index in [1.807, 2.05) is 29.2 Å². The SMILES string of the molecule is NCCN(C(=O)C1CCOc2ccccc21)C1CCC1. The first-order chi connectivity index (χ1) is 9.81. The molecule has 0 spiro atoms. The van der Waals surface area contributed by atoms with Gasteiger partial charge in [-0.25, -0.2) is 0 Å². The number of carbonyl (C=O) groups is 1. The first kappa shape index (κ1) is 13.4. The molecule has 108 valence electrons. The van der Waals surface area contributed by atoms with Crippen molar-refractivity contribution in [3.63, 3.8) is 0 Å². The predicted octanol–water partition coefficient (Wildman–Crippen LogP) is 1.89. The molecule has 1 unspecified atom stereocenters. The summed E-state index contributed by atoms with van der Waals surface area (Å²) in [7, 11) is 0. The highest BCUT2D eigenvalue weighted by Gasteiger charge is 2.35. The number of carbonyl (C=O) groups excluding carboxylic acids is 1. The molecule has 1 aromatic carbocycles. The maximum atomic E-state index is 12.9. The average molecular weight is 274 g/mol. The van der Waals surface area contributed by atoms with Crippen LogP contribution in [0.15, 0.2) is 24.3 Å². The Labute approximate surface area is 119 Å². The van der Waals surface area contributed by atoms with Gasteiger partial charge in [-0.3, -0.25) is 4.79 Å². The van der Waals surface area contributed by atoms with Crippen molar-refractivity contribution in [2.75, 3.05) is 19.7 Å². The summed E-state index contributed by atoms with van der Waals surface area (Å²) in [4.78, 5) is 14.9. The molecule has 1 aromatic rings. The third-order valence-corrected chi connectivity index (χ3v) is 4.43. The fraction of sp³-hybridized carbons (Fsp3) is 0.562. The number of hydrogen-bond acceptors (Lipinski definition) is 3. The Morgan fingerprint density at radius 2 is 2.10 bits per heavy atom. The molecule has 2 aliphatic rings. The van der Waals surface area contributed by atoms with Crippen molar-refractivity contribution in [3.8, 4) is 5.75 Å². The van der Waals surface area contributed by atoms with Crippen LogP contribution in [-0.2, 0) is 4.79 Å². The molecule has 3 rings (SSSR count). The molecule has 1 aliphatic carbocycles. The number of hydrogen-bond donors (Lipinski definition) is 1. The van der Waals surface area contributed by atoms with Gasteiger partial charge < -0.3 is 15.4 Å². The second-order valence-corrected chi connectivity index (χ2v) is 5.63. The van der Waals surface area contributed by atoms with Crippen LogP contribution in [0.3, 0.4) is 0 Å². The summed E-state index contributed by atoms with van der Waals surface area (Å²) in [5.74, 6) is 1.03. The summed E-state index contributed by atoms with van der Waals surface area (Å²) in [6.45, 7) is 1.82. The highest BCUT2D eigenvalue weighted by Crippen LogP contribution is 2.36. The van der Waals surface area contributed by atoms with Crippen LogP contribution < -0.4 is 10.5 Å². The van der Waals surface area contributed by atoms with Gasteiger partial charge in [0.2, 0.25) is 5.91 Å². The number of para-hydroxylation sites is 1. The predicted molar refractivity (Wildman–Crippen MR) is 77.7 cm³/mol. The van der Waals surface area contributed by atoms with E-state index in [1.165, 1.54) is 6.42 Å². The van der Waals surface area contributed by atoms with Crippen LogP contribution in [0.4, 0.5) is 0 Å². The van der Waals surface area contributed by atoms with Crippen molar-refractivity contribution < 1.29 is 9.53 Å². The highest BCUT2D eigenvalue weighted by atomic mass is 16.5. The summed E-state index contributed by atoms with van der Waals surface area (Å²) < 4.78 is 5.65. The molecule has 1 fully saturated rings. The van der Waals surface area contributed by atoms with Crippen LogP contribution >= 0.6 is 0 Å². The maximum absolute atomic E-state index is 12.9. The van der Waals surface area contributed by atoms with Gasteiger partial charge in [-0.2, -0.15) is 0 Å². The summed E-state index contributed by atoms with van der Waals surface area (Å²) in [6.07, 6.45) is 4.24. The zero-order chi connectivity index (χ0) is 13.9. The molecule has 2 N–H and O–H groups in total. The summed E-state index contributed by atoms with van der Waals surface area (Å²) >= 11 is 0. The second-order valence-electron chi connectivity index (χ2n) is 5.63. The van der Waals surface area contributed by atoms with Gasteiger partial charge in [0.15, 0.2) is 0 Å². The van der Waals surface area contributed by atoms with Crippen LogP contribution in [0.25, 0.3) is 0 Å². The van der Waals surface area contributed by atoms with E-state index in [9.17, 15) is 4.79 Å². The molecule has 0 aromatic heterocycles. The first-order valence-electron chi connectivity index (χ1n) is 7.53. The topological polar surface area (TPSA) is 55.6 Å². The van der Waals surface area contributed by atoms with Crippen molar-refractivity contribution >= 4 is 5.91 Å². The van der Waals surface area contributed by atoms with Crippen molar-refractivity contribution in [1.82, 2.24) is 4.90 Å². The maximum Gasteiger partial charge on any atom is 0.230 e. The lowest BCUT2D eigenvalue weighted by molar-refractivity contribution is -0.137. The molecule has 1 saturated carbocycles. The Morgan fingerprint density at radius 3 is 2.80 bits per heavy atom. The van der Waals surface area contributed by atoms with Gasteiger partial charge in [0.1, 0.15) is 5.75 Å². The number of rotatable bonds is 4. The lowest BCUT2D eigenvalue weighted by atomic mass is 9.87. The monoisotopic (exact) mass is 274 g/mol. The zero-order valence-corrected chi connectivity index (χ0v) is 11.8. The van der Waals surface area contributed by atoms with Crippen LogP contribution in [0.2, 0.25) is 0 Å². The van der Waals surface area contributed by atoms with Crippen LogP contribution in [0.1, 0.15) is 37.2 Å². The Bertz CT molecular complexity index is 485. The Morgan fingerprint density at radius 1 is 1.30 bits per heavy atom. The van der Waals surface area contributed by atoms with Crippen molar-refractivity contribution in [3.05, 3.63) is 29.8 Å². The van der Waals surface area contributed by atoms with Gasteiger partial charge in [0.05, 0.1) is 12.5 Å². The smallest absolute Gasteiger partial charge is 0.230 e. The van der Waals surface area contributed by atoms with Crippen molar-refractivity contribution in [2.24, 2.45) is 5.73 Å². The summed E-state index contributed by atoms with van der Waals surface area (Å²) in [5, 5.41) is 0. The van der Waals surface area contributed by atoms with Gasteiger partial charge in [-0.05, 0) is 31.7 Å². The molecule has 0 radical (unpaired) electrons. The Balaban J connectivity index is 1.82. The van der Waals surface area contributed by atoms with Gasteiger partial charge >= 0.3 is 0 Å². The van der Waals surface area contributed by atoms with Crippen LogP contribution in [-0.4, -0.2) is 36.5 Å². The number of nitrogens with two attached hydrogens (primary N) is 1. The average Bonchev–Trinajstić information content (AvgIpc) is 2.43. The normalized spacial score (nSPS) is 21.6. The van der Waals surface area contributed by atoms with Gasteiger partial charge in [0.25, 0.3) is 0 Å². The van der Waals surface area contributed by atoms with Crippen LogP contribution in [0.5, 0.6) is 5.75 Å². The summed E-state index contributed by atoms with van der Waals surface area (Å²) in [6, 6.07) is 8.30. The molecular weight excluding hydrogens is 252 g/mol. The molecule has 0 bridgehead atoms. The number of ether oxygens (including phenoxy) is 1. The molecule has 1 heterocycles. The van der Waals surface area contributed by atoms with E-state index in [1.54, 1.807) is 0 Å². The van der Waals surface area contributed by atoms with Gasteiger partial charge in [0, 0.05) is 24.7 Å². The van der Waals surface area contributed by atoms with Crippen molar-refractivity contribution in [1.29, 1.82) is 0 Å². The molecule has 1 amide bonds. The number of amides is 1. The molecule has 4 nitrogen and oxygen atoms in total.